The van der Waals surface area contributed by atoms with Gasteiger partial charge in [0.15, 0.2) is 0 Å². The van der Waals surface area contributed by atoms with E-state index in [1.165, 1.54) is 38.6 Å². The summed E-state index contributed by atoms with van der Waals surface area (Å²) < 4.78 is 5.65. The molecule has 2 aliphatic rings. The van der Waals surface area contributed by atoms with Crippen molar-refractivity contribution in [1.29, 1.82) is 0 Å². The van der Waals surface area contributed by atoms with Gasteiger partial charge in [-0.3, -0.25) is 0 Å². The lowest BCUT2D eigenvalue weighted by molar-refractivity contribution is -0.0587. The van der Waals surface area contributed by atoms with Crippen molar-refractivity contribution in [3.05, 3.63) is 0 Å². The number of rotatable bonds is 3. The normalized spacial score (nSPS) is 39.5. The second-order valence-corrected chi connectivity index (χ2v) is 6.46. The molecule has 0 aromatic rings. The van der Waals surface area contributed by atoms with Crippen LogP contribution in [0, 0.1) is 5.92 Å². The Bertz CT molecular complexity index is 259. The maximum Gasteiger partial charge on any atom is 0.0777 e. The van der Waals surface area contributed by atoms with Crippen LogP contribution in [-0.4, -0.2) is 48.5 Å². The van der Waals surface area contributed by atoms with Crippen LogP contribution in [0.15, 0.2) is 0 Å². The first-order chi connectivity index (χ1) is 8.63. The average Bonchev–Trinajstić information content (AvgIpc) is 2.55. The fraction of sp³-hybridized carbons (Fsp3) is 1.00. The minimum atomic E-state index is -0.0803. The van der Waals surface area contributed by atoms with E-state index in [0.717, 1.165) is 25.9 Å². The van der Waals surface area contributed by atoms with Crippen molar-refractivity contribution in [2.45, 2.75) is 63.6 Å². The number of piperidine rings is 1. The molecule has 0 aromatic heterocycles. The van der Waals surface area contributed by atoms with Gasteiger partial charge in [-0.05, 0) is 45.1 Å². The zero-order valence-corrected chi connectivity index (χ0v) is 12.0. The molecule has 2 rings (SSSR count). The third-order valence-corrected chi connectivity index (χ3v) is 4.84. The molecule has 1 aliphatic carbocycles. The lowest BCUT2D eigenvalue weighted by Gasteiger charge is -2.41. The van der Waals surface area contributed by atoms with Crippen molar-refractivity contribution in [2.75, 3.05) is 26.7 Å². The topological polar surface area (TPSA) is 32.7 Å². The van der Waals surface area contributed by atoms with E-state index in [2.05, 4.69) is 11.8 Å². The number of nitrogens with zero attached hydrogens (tertiary/aromatic N) is 1. The van der Waals surface area contributed by atoms with E-state index in [1.54, 1.807) is 0 Å². The number of hydrogen-bond acceptors (Lipinski definition) is 3. The SMILES string of the molecule is COC1(C)CCCN(CC2CCCCCC2O)C1. The summed E-state index contributed by atoms with van der Waals surface area (Å²) in [6.45, 7) is 5.46. The number of methoxy groups -OCH3 is 1. The monoisotopic (exact) mass is 255 g/mol. The Labute approximate surface area is 112 Å². The lowest BCUT2D eigenvalue weighted by atomic mass is 9.91. The van der Waals surface area contributed by atoms with Gasteiger partial charge in [-0.2, -0.15) is 0 Å². The highest BCUT2D eigenvalue weighted by atomic mass is 16.5. The molecule has 18 heavy (non-hydrogen) atoms. The second kappa shape index (κ2) is 6.36. The number of aliphatic hydroxyl groups excluding tert-OH is 1. The largest absolute Gasteiger partial charge is 0.393 e. The lowest BCUT2D eigenvalue weighted by Crippen LogP contribution is -2.49. The van der Waals surface area contributed by atoms with Gasteiger partial charge in [0.2, 0.25) is 0 Å². The molecule has 106 valence electrons. The Balaban J connectivity index is 1.87. The number of hydrogen-bond donors (Lipinski definition) is 1. The van der Waals surface area contributed by atoms with Gasteiger partial charge in [-0.25, -0.2) is 0 Å². The standard InChI is InChI=1S/C15H29NO2/c1-15(18-2)9-6-10-16(12-15)11-13-7-4-3-5-8-14(13)17/h13-14,17H,3-12H2,1-2H3. The smallest absolute Gasteiger partial charge is 0.0777 e. The number of likely N-dealkylation sites (tertiary alicyclic amines) is 1. The van der Waals surface area contributed by atoms with Crippen molar-refractivity contribution in [3.63, 3.8) is 0 Å². The molecule has 2 fully saturated rings. The molecular formula is C15H29NO2. The van der Waals surface area contributed by atoms with Crippen molar-refractivity contribution in [3.8, 4) is 0 Å². The fourth-order valence-corrected chi connectivity index (χ4v) is 3.54. The fourth-order valence-electron chi connectivity index (χ4n) is 3.54. The maximum atomic E-state index is 10.2. The van der Waals surface area contributed by atoms with Gasteiger partial charge < -0.3 is 14.7 Å². The molecule has 3 nitrogen and oxygen atoms in total. The van der Waals surface area contributed by atoms with E-state index in [9.17, 15) is 5.11 Å². The number of aliphatic hydroxyl groups is 1. The Hall–Kier alpha value is -0.120. The van der Waals surface area contributed by atoms with Gasteiger partial charge in [0.05, 0.1) is 11.7 Å². The van der Waals surface area contributed by atoms with E-state index in [-0.39, 0.29) is 11.7 Å². The van der Waals surface area contributed by atoms with Crippen LogP contribution >= 0.6 is 0 Å². The Morgan fingerprint density at radius 2 is 2.00 bits per heavy atom. The molecule has 3 atom stereocenters. The van der Waals surface area contributed by atoms with Gasteiger partial charge in [-0.1, -0.05) is 19.3 Å². The summed E-state index contributed by atoms with van der Waals surface area (Å²) in [6.07, 6.45) is 8.28. The van der Waals surface area contributed by atoms with Crippen LogP contribution in [0.2, 0.25) is 0 Å². The molecule has 3 unspecified atom stereocenters. The van der Waals surface area contributed by atoms with Crippen molar-refractivity contribution >= 4 is 0 Å². The first kappa shape index (κ1) is 14.3. The molecule has 1 N–H and O–H groups in total. The molecule has 1 saturated heterocycles. The van der Waals surface area contributed by atoms with Crippen molar-refractivity contribution in [1.82, 2.24) is 4.90 Å². The quantitative estimate of drug-likeness (QED) is 0.786. The summed E-state index contributed by atoms with van der Waals surface area (Å²) in [4.78, 5) is 2.51. The highest BCUT2D eigenvalue weighted by Gasteiger charge is 2.33. The second-order valence-electron chi connectivity index (χ2n) is 6.46. The Morgan fingerprint density at radius 3 is 2.78 bits per heavy atom. The molecule has 0 spiro atoms. The van der Waals surface area contributed by atoms with Gasteiger partial charge >= 0.3 is 0 Å². The summed E-state index contributed by atoms with van der Waals surface area (Å²) in [5.74, 6) is 0.478. The van der Waals surface area contributed by atoms with E-state index in [1.807, 2.05) is 7.11 Å². The summed E-state index contributed by atoms with van der Waals surface area (Å²) >= 11 is 0. The van der Waals surface area contributed by atoms with E-state index < -0.39 is 0 Å². The van der Waals surface area contributed by atoms with Gasteiger partial charge in [0.1, 0.15) is 0 Å². The number of ether oxygens (including phenoxy) is 1. The van der Waals surface area contributed by atoms with Crippen LogP contribution in [0.4, 0.5) is 0 Å². The van der Waals surface area contributed by atoms with Crippen molar-refractivity contribution in [2.24, 2.45) is 5.92 Å². The zero-order valence-electron chi connectivity index (χ0n) is 12.0. The van der Waals surface area contributed by atoms with Crippen LogP contribution in [-0.2, 0) is 4.74 Å². The first-order valence-corrected chi connectivity index (χ1v) is 7.58. The minimum absolute atomic E-state index is 0.0218. The molecule has 0 radical (unpaired) electrons. The van der Waals surface area contributed by atoms with Crippen LogP contribution in [0.5, 0.6) is 0 Å². The summed E-state index contributed by atoms with van der Waals surface area (Å²) in [5, 5.41) is 10.2. The van der Waals surface area contributed by atoms with E-state index in [4.69, 9.17) is 4.74 Å². The van der Waals surface area contributed by atoms with Crippen LogP contribution in [0.25, 0.3) is 0 Å². The first-order valence-electron chi connectivity index (χ1n) is 7.58. The summed E-state index contributed by atoms with van der Waals surface area (Å²) in [6, 6.07) is 0. The van der Waals surface area contributed by atoms with Crippen molar-refractivity contribution < 1.29 is 9.84 Å². The molecule has 1 aliphatic heterocycles. The predicted molar refractivity (Wildman–Crippen MR) is 73.7 cm³/mol. The maximum absolute atomic E-state index is 10.2. The predicted octanol–water partition coefficient (Wildman–Crippen LogP) is 2.43. The Morgan fingerprint density at radius 1 is 1.22 bits per heavy atom. The molecule has 0 aromatic carbocycles. The molecular weight excluding hydrogens is 226 g/mol. The minimum Gasteiger partial charge on any atom is -0.393 e. The Kier molecular flexibility index (Phi) is 5.05. The van der Waals surface area contributed by atoms with Crippen LogP contribution in [0.3, 0.4) is 0 Å². The summed E-state index contributed by atoms with van der Waals surface area (Å²) in [7, 11) is 1.82. The molecule has 0 amide bonds. The van der Waals surface area contributed by atoms with Crippen LogP contribution in [0.1, 0.15) is 51.9 Å². The van der Waals surface area contributed by atoms with Gasteiger partial charge in [0.25, 0.3) is 0 Å². The third kappa shape index (κ3) is 3.69. The molecule has 1 saturated carbocycles. The third-order valence-electron chi connectivity index (χ3n) is 4.84. The molecule has 3 heteroatoms. The highest BCUT2D eigenvalue weighted by molar-refractivity contribution is 4.86. The van der Waals surface area contributed by atoms with Gasteiger partial charge in [-0.15, -0.1) is 0 Å². The van der Waals surface area contributed by atoms with Gasteiger partial charge in [0, 0.05) is 20.2 Å². The van der Waals surface area contributed by atoms with Crippen LogP contribution < -0.4 is 0 Å². The average molecular weight is 255 g/mol. The van der Waals surface area contributed by atoms with E-state index >= 15 is 0 Å². The zero-order chi connectivity index (χ0) is 13.0. The van der Waals surface area contributed by atoms with E-state index in [0.29, 0.717) is 5.92 Å². The molecule has 1 heterocycles. The highest BCUT2D eigenvalue weighted by Crippen LogP contribution is 2.28. The molecule has 0 bridgehead atoms. The summed E-state index contributed by atoms with van der Waals surface area (Å²) in [5.41, 5.74) is 0.0218.